The SMILES string of the molecule is Clc1ccc2c(c1)c1ccccc1c1nc3c4ccccc4c4ccccc4c3n21. The molecule has 0 saturated heterocycles. The second kappa shape index (κ2) is 5.71. The molecule has 3 heteroatoms. The van der Waals surface area contributed by atoms with Gasteiger partial charge in [0.25, 0.3) is 0 Å². The Kier molecular flexibility index (Phi) is 3.09. The number of hydrogen-bond donors (Lipinski definition) is 0. The van der Waals surface area contributed by atoms with Crippen molar-refractivity contribution in [3.05, 3.63) is 96.0 Å². The molecular weight excluding hydrogens is 388 g/mol. The molecule has 0 aliphatic carbocycles. The summed E-state index contributed by atoms with van der Waals surface area (Å²) in [5.74, 6) is 0. The predicted molar refractivity (Wildman–Crippen MR) is 128 cm³/mol. The normalized spacial score (nSPS) is 12.2. The third kappa shape index (κ3) is 1.96. The van der Waals surface area contributed by atoms with Crippen LogP contribution in [0.1, 0.15) is 0 Å². The van der Waals surface area contributed by atoms with Gasteiger partial charge in [0, 0.05) is 26.6 Å². The number of aromatic nitrogens is 2. The average Bonchev–Trinajstić information content (AvgIpc) is 3.21. The Labute approximate surface area is 176 Å². The van der Waals surface area contributed by atoms with Gasteiger partial charge in [0.05, 0.1) is 16.6 Å². The lowest BCUT2D eigenvalue weighted by Crippen LogP contribution is -1.92. The van der Waals surface area contributed by atoms with Crippen LogP contribution in [0.25, 0.3) is 59.9 Å². The third-order valence-electron chi connectivity index (χ3n) is 6.19. The third-order valence-corrected chi connectivity index (χ3v) is 6.42. The molecule has 0 bridgehead atoms. The zero-order valence-electron chi connectivity index (χ0n) is 15.9. The topological polar surface area (TPSA) is 17.3 Å². The van der Waals surface area contributed by atoms with Crippen LogP contribution in [-0.2, 0) is 0 Å². The van der Waals surface area contributed by atoms with E-state index in [4.69, 9.17) is 16.6 Å². The van der Waals surface area contributed by atoms with Crippen molar-refractivity contribution < 1.29 is 0 Å². The Morgan fingerprint density at radius 3 is 1.87 bits per heavy atom. The number of nitrogens with zero attached hydrogens (tertiary/aromatic N) is 2. The van der Waals surface area contributed by atoms with Crippen molar-refractivity contribution in [2.75, 3.05) is 0 Å². The zero-order chi connectivity index (χ0) is 19.8. The van der Waals surface area contributed by atoms with Crippen molar-refractivity contribution in [3.63, 3.8) is 0 Å². The molecule has 0 fully saturated rings. The zero-order valence-corrected chi connectivity index (χ0v) is 16.7. The van der Waals surface area contributed by atoms with Gasteiger partial charge < -0.3 is 0 Å². The maximum absolute atomic E-state index is 6.41. The minimum atomic E-state index is 0.742. The molecule has 0 unspecified atom stereocenters. The molecule has 30 heavy (non-hydrogen) atoms. The van der Waals surface area contributed by atoms with Gasteiger partial charge in [-0.1, -0.05) is 84.4 Å². The van der Waals surface area contributed by atoms with Gasteiger partial charge in [-0.15, -0.1) is 0 Å². The molecule has 2 nitrogen and oxygen atoms in total. The number of pyridine rings is 1. The Morgan fingerprint density at radius 1 is 0.567 bits per heavy atom. The molecule has 7 aromatic rings. The average molecular weight is 403 g/mol. The lowest BCUT2D eigenvalue weighted by atomic mass is 10.00. The van der Waals surface area contributed by atoms with Crippen LogP contribution in [0.4, 0.5) is 0 Å². The van der Waals surface area contributed by atoms with Crippen molar-refractivity contribution in [2.24, 2.45) is 0 Å². The molecule has 0 atom stereocenters. The summed E-state index contributed by atoms with van der Waals surface area (Å²) in [6, 6.07) is 31.8. The molecule has 7 rings (SSSR count). The van der Waals surface area contributed by atoms with Gasteiger partial charge in [-0.2, -0.15) is 0 Å². The fourth-order valence-corrected chi connectivity index (χ4v) is 5.12. The molecule has 0 N–H and O–H groups in total. The van der Waals surface area contributed by atoms with Gasteiger partial charge in [0.1, 0.15) is 5.65 Å². The summed E-state index contributed by atoms with van der Waals surface area (Å²) >= 11 is 6.41. The van der Waals surface area contributed by atoms with E-state index >= 15 is 0 Å². The minimum Gasteiger partial charge on any atom is -0.291 e. The highest BCUT2D eigenvalue weighted by molar-refractivity contribution is 6.32. The Bertz CT molecular complexity index is 1810. The van der Waals surface area contributed by atoms with Gasteiger partial charge in [-0.25, -0.2) is 4.98 Å². The Balaban J connectivity index is 1.92. The Hall–Kier alpha value is -3.62. The smallest absolute Gasteiger partial charge is 0.146 e. The molecule has 2 heterocycles. The van der Waals surface area contributed by atoms with Crippen LogP contribution in [0.5, 0.6) is 0 Å². The van der Waals surface area contributed by atoms with Gasteiger partial charge in [0.2, 0.25) is 0 Å². The second-order valence-corrected chi connectivity index (χ2v) is 8.20. The number of benzene rings is 5. The van der Waals surface area contributed by atoms with Crippen LogP contribution in [0.15, 0.2) is 91.0 Å². The van der Waals surface area contributed by atoms with Crippen molar-refractivity contribution in [1.82, 2.24) is 9.38 Å². The van der Waals surface area contributed by atoms with E-state index in [0.717, 1.165) is 38.0 Å². The van der Waals surface area contributed by atoms with Crippen LogP contribution in [0.3, 0.4) is 0 Å². The monoisotopic (exact) mass is 402 g/mol. The second-order valence-electron chi connectivity index (χ2n) is 7.77. The molecule has 5 aromatic carbocycles. The van der Waals surface area contributed by atoms with E-state index in [2.05, 4.69) is 89.3 Å². The molecule has 0 radical (unpaired) electrons. The molecule has 2 aromatic heterocycles. The number of fused-ring (bicyclic) bond motifs is 13. The standard InChI is InChI=1S/C27H15ClN2/c28-16-13-14-24-23(15-16)19-9-3-6-12-22(19)27-29-25-20-10-4-1-7-17(20)18-8-2-5-11-21(18)26(25)30(24)27/h1-15H. The molecule has 0 amide bonds. The van der Waals surface area contributed by atoms with Gasteiger partial charge in [0.15, 0.2) is 0 Å². The summed E-state index contributed by atoms with van der Waals surface area (Å²) in [6.45, 7) is 0. The summed E-state index contributed by atoms with van der Waals surface area (Å²) in [6.07, 6.45) is 0. The fraction of sp³-hybridized carbons (Fsp3) is 0. The van der Waals surface area contributed by atoms with E-state index in [0.29, 0.717) is 0 Å². The quantitative estimate of drug-likeness (QED) is 0.237. The van der Waals surface area contributed by atoms with Gasteiger partial charge >= 0.3 is 0 Å². The maximum atomic E-state index is 6.41. The first kappa shape index (κ1) is 16.2. The van der Waals surface area contributed by atoms with Crippen LogP contribution >= 0.6 is 11.6 Å². The molecule has 0 spiro atoms. The van der Waals surface area contributed by atoms with Crippen molar-refractivity contribution in [2.45, 2.75) is 0 Å². The van der Waals surface area contributed by atoms with Crippen molar-refractivity contribution in [3.8, 4) is 0 Å². The number of rotatable bonds is 0. The van der Waals surface area contributed by atoms with Crippen LogP contribution in [0, 0.1) is 0 Å². The van der Waals surface area contributed by atoms with Crippen LogP contribution < -0.4 is 0 Å². The summed E-state index contributed by atoms with van der Waals surface area (Å²) in [7, 11) is 0. The van der Waals surface area contributed by atoms with Crippen LogP contribution in [0.2, 0.25) is 5.02 Å². The first-order chi connectivity index (χ1) is 14.8. The lowest BCUT2D eigenvalue weighted by Gasteiger charge is -2.11. The molecule has 0 aliphatic rings. The first-order valence-corrected chi connectivity index (χ1v) is 10.4. The lowest BCUT2D eigenvalue weighted by molar-refractivity contribution is 1.32. The highest BCUT2D eigenvalue weighted by Crippen LogP contribution is 2.39. The van der Waals surface area contributed by atoms with Crippen molar-refractivity contribution >= 4 is 71.5 Å². The van der Waals surface area contributed by atoms with E-state index in [9.17, 15) is 0 Å². The first-order valence-electron chi connectivity index (χ1n) is 10.0. The largest absolute Gasteiger partial charge is 0.291 e. The summed E-state index contributed by atoms with van der Waals surface area (Å²) < 4.78 is 2.32. The van der Waals surface area contributed by atoms with Crippen LogP contribution in [-0.4, -0.2) is 9.38 Å². The minimum absolute atomic E-state index is 0.742. The summed E-state index contributed by atoms with van der Waals surface area (Å²) in [5.41, 5.74) is 4.29. The van der Waals surface area contributed by atoms with E-state index in [1.807, 2.05) is 6.07 Å². The number of imidazole rings is 1. The number of hydrogen-bond acceptors (Lipinski definition) is 1. The van der Waals surface area contributed by atoms with E-state index in [-0.39, 0.29) is 0 Å². The summed E-state index contributed by atoms with van der Waals surface area (Å²) in [5, 5.41) is 9.07. The molecular formula is C27H15ClN2. The van der Waals surface area contributed by atoms with E-state index < -0.39 is 0 Å². The van der Waals surface area contributed by atoms with Gasteiger partial charge in [-0.3, -0.25) is 4.40 Å². The predicted octanol–water partition coefficient (Wildman–Crippen LogP) is 7.75. The maximum Gasteiger partial charge on any atom is 0.146 e. The van der Waals surface area contributed by atoms with E-state index in [1.54, 1.807) is 0 Å². The van der Waals surface area contributed by atoms with E-state index in [1.165, 1.54) is 26.9 Å². The van der Waals surface area contributed by atoms with Gasteiger partial charge in [-0.05, 0) is 34.4 Å². The Morgan fingerprint density at radius 2 is 1.13 bits per heavy atom. The molecule has 0 saturated carbocycles. The highest BCUT2D eigenvalue weighted by Gasteiger charge is 2.18. The number of halogens is 1. The van der Waals surface area contributed by atoms with Crippen molar-refractivity contribution in [1.29, 1.82) is 0 Å². The fourth-order valence-electron chi connectivity index (χ4n) is 4.95. The highest BCUT2D eigenvalue weighted by atomic mass is 35.5. The molecule has 0 aliphatic heterocycles. The summed E-state index contributed by atoms with van der Waals surface area (Å²) in [4.78, 5) is 5.22. The molecule has 140 valence electrons.